The normalized spacial score (nSPS) is 13.1. The van der Waals surface area contributed by atoms with Crippen LogP contribution >= 0.6 is 0 Å². The Labute approximate surface area is 159 Å². The van der Waals surface area contributed by atoms with E-state index in [0.717, 1.165) is 18.3 Å². The summed E-state index contributed by atoms with van der Waals surface area (Å²) < 4.78 is 30.5. The number of nitrogens with one attached hydrogen (secondary N) is 1. The van der Waals surface area contributed by atoms with Crippen LogP contribution in [0.2, 0.25) is 0 Å². The van der Waals surface area contributed by atoms with E-state index in [1.54, 1.807) is 6.07 Å². The minimum absolute atomic E-state index is 0.135. The van der Waals surface area contributed by atoms with Gasteiger partial charge in [-0.3, -0.25) is 14.1 Å². The summed E-state index contributed by atoms with van der Waals surface area (Å²) in [6.07, 6.45) is 5.10. The molecule has 0 aliphatic carbocycles. The fourth-order valence-corrected chi connectivity index (χ4v) is 3.39. The molecule has 8 heteroatoms. The standard InChI is InChI=1S/C20H19F2N5O/c1-13(9-18-23-12-24-25-18)14-5-3-6-15(10-14)27-11-17-16(20(2,21)22)7-4-8-26(17)19(27)28/h3-8,10-13H,9H2,1-2H3,(H,23,24,25)/t13-/m0/s1. The predicted octanol–water partition coefficient (Wildman–Crippen LogP) is 3.67. The Balaban J connectivity index is 1.76. The van der Waals surface area contributed by atoms with Gasteiger partial charge in [-0.1, -0.05) is 19.1 Å². The molecule has 0 aliphatic rings. The molecular formula is C20H19F2N5O. The van der Waals surface area contributed by atoms with Gasteiger partial charge in [0.2, 0.25) is 0 Å². The maximum atomic E-state index is 13.9. The van der Waals surface area contributed by atoms with Gasteiger partial charge in [-0.2, -0.15) is 5.10 Å². The van der Waals surface area contributed by atoms with Crippen molar-refractivity contribution in [3.05, 3.63) is 82.6 Å². The molecule has 3 aromatic heterocycles. The SMILES string of the molecule is C[C@@H](Cc1ncn[nH]1)c1cccc(-n2cc3c(C(C)(F)F)cccn3c2=O)c1. The van der Waals surface area contributed by atoms with Crippen molar-refractivity contribution in [3.8, 4) is 5.69 Å². The smallest absolute Gasteiger partial charge is 0.267 e. The quantitative estimate of drug-likeness (QED) is 0.572. The number of nitrogens with zero attached hydrogens (tertiary/aromatic N) is 4. The summed E-state index contributed by atoms with van der Waals surface area (Å²) in [5, 5.41) is 6.69. The van der Waals surface area contributed by atoms with Gasteiger partial charge in [0, 0.05) is 31.3 Å². The summed E-state index contributed by atoms with van der Waals surface area (Å²) in [6.45, 7) is 2.88. The Bertz CT molecular complexity index is 1170. The molecule has 1 atom stereocenters. The number of hydrogen-bond donors (Lipinski definition) is 1. The number of imidazole rings is 1. The number of halogens is 2. The number of fused-ring (bicyclic) bond motifs is 1. The van der Waals surface area contributed by atoms with Crippen LogP contribution in [-0.2, 0) is 12.3 Å². The van der Waals surface area contributed by atoms with Crippen molar-refractivity contribution in [1.29, 1.82) is 0 Å². The number of alkyl halides is 2. The van der Waals surface area contributed by atoms with Crippen molar-refractivity contribution in [1.82, 2.24) is 24.1 Å². The lowest BCUT2D eigenvalue weighted by Crippen LogP contribution is -2.19. The highest BCUT2D eigenvalue weighted by molar-refractivity contribution is 5.57. The van der Waals surface area contributed by atoms with E-state index in [-0.39, 0.29) is 22.7 Å². The van der Waals surface area contributed by atoms with Crippen molar-refractivity contribution >= 4 is 5.52 Å². The van der Waals surface area contributed by atoms with E-state index in [9.17, 15) is 13.6 Å². The summed E-state index contributed by atoms with van der Waals surface area (Å²) >= 11 is 0. The summed E-state index contributed by atoms with van der Waals surface area (Å²) in [7, 11) is 0. The lowest BCUT2D eigenvalue weighted by Gasteiger charge is -2.12. The minimum Gasteiger partial charge on any atom is -0.267 e. The largest absolute Gasteiger partial charge is 0.337 e. The zero-order valence-electron chi connectivity index (χ0n) is 15.4. The van der Waals surface area contributed by atoms with Crippen molar-refractivity contribution < 1.29 is 8.78 Å². The molecule has 3 heterocycles. The maximum Gasteiger partial charge on any atom is 0.337 e. The summed E-state index contributed by atoms with van der Waals surface area (Å²) in [5.74, 6) is -2.13. The molecule has 0 unspecified atom stereocenters. The van der Waals surface area contributed by atoms with Crippen LogP contribution in [0.25, 0.3) is 11.2 Å². The van der Waals surface area contributed by atoms with E-state index < -0.39 is 5.92 Å². The van der Waals surface area contributed by atoms with E-state index in [1.807, 2.05) is 18.2 Å². The predicted molar refractivity (Wildman–Crippen MR) is 101 cm³/mol. The average molecular weight is 383 g/mol. The molecule has 4 aromatic rings. The average Bonchev–Trinajstić information content (AvgIpc) is 3.29. The van der Waals surface area contributed by atoms with Gasteiger partial charge in [0.1, 0.15) is 12.2 Å². The highest BCUT2D eigenvalue weighted by atomic mass is 19.3. The van der Waals surface area contributed by atoms with Crippen LogP contribution in [0.15, 0.2) is 59.9 Å². The molecule has 1 N–H and O–H groups in total. The summed E-state index contributed by atoms with van der Waals surface area (Å²) in [4.78, 5) is 16.9. The van der Waals surface area contributed by atoms with Crippen LogP contribution < -0.4 is 5.69 Å². The molecule has 0 fully saturated rings. The first-order valence-corrected chi connectivity index (χ1v) is 8.90. The Kier molecular flexibility index (Phi) is 4.33. The Hall–Kier alpha value is -3.29. The van der Waals surface area contributed by atoms with Crippen molar-refractivity contribution in [2.45, 2.75) is 32.1 Å². The van der Waals surface area contributed by atoms with Crippen LogP contribution in [0.3, 0.4) is 0 Å². The summed E-state index contributed by atoms with van der Waals surface area (Å²) in [5.41, 5.74) is 1.26. The molecule has 6 nitrogen and oxygen atoms in total. The molecule has 0 saturated carbocycles. The summed E-state index contributed by atoms with van der Waals surface area (Å²) in [6, 6.07) is 10.3. The maximum absolute atomic E-state index is 13.9. The first kappa shape index (κ1) is 18.1. The third kappa shape index (κ3) is 3.21. The second kappa shape index (κ2) is 6.70. The van der Waals surface area contributed by atoms with Crippen LogP contribution in [-0.4, -0.2) is 24.1 Å². The zero-order chi connectivity index (χ0) is 19.9. The molecule has 28 heavy (non-hydrogen) atoms. The number of hydrogen-bond acceptors (Lipinski definition) is 3. The Morgan fingerprint density at radius 2 is 2.07 bits per heavy atom. The number of H-pyrrole nitrogens is 1. The van der Waals surface area contributed by atoms with Gasteiger partial charge in [0.05, 0.1) is 11.2 Å². The fraction of sp³-hybridized carbons (Fsp3) is 0.250. The van der Waals surface area contributed by atoms with Gasteiger partial charge >= 0.3 is 5.69 Å². The highest BCUT2D eigenvalue weighted by Crippen LogP contribution is 2.30. The molecular weight excluding hydrogens is 364 g/mol. The first-order valence-electron chi connectivity index (χ1n) is 8.90. The van der Waals surface area contributed by atoms with E-state index in [4.69, 9.17) is 0 Å². The van der Waals surface area contributed by atoms with Crippen LogP contribution in [0, 0.1) is 0 Å². The first-order chi connectivity index (χ1) is 13.3. The van der Waals surface area contributed by atoms with Gasteiger partial charge in [-0.25, -0.2) is 18.6 Å². The molecule has 1 aromatic carbocycles. The van der Waals surface area contributed by atoms with Crippen LogP contribution in [0.4, 0.5) is 8.78 Å². The number of benzene rings is 1. The minimum atomic E-state index is -3.04. The second-order valence-electron chi connectivity index (χ2n) is 6.98. The van der Waals surface area contributed by atoms with Gasteiger partial charge in [-0.05, 0) is 35.7 Å². The molecule has 0 amide bonds. The molecule has 0 saturated heterocycles. The zero-order valence-corrected chi connectivity index (χ0v) is 15.4. The van der Waals surface area contributed by atoms with Crippen LogP contribution in [0.5, 0.6) is 0 Å². The molecule has 0 radical (unpaired) electrons. The number of rotatable bonds is 5. The molecule has 4 rings (SSSR count). The van der Waals surface area contributed by atoms with Gasteiger partial charge in [0.15, 0.2) is 0 Å². The monoisotopic (exact) mass is 383 g/mol. The fourth-order valence-electron chi connectivity index (χ4n) is 3.39. The van der Waals surface area contributed by atoms with E-state index in [2.05, 4.69) is 22.1 Å². The lowest BCUT2D eigenvalue weighted by atomic mass is 9.97. The third-order valence-electron chi connectivity index (χ3n) is 4.85. The molecule has 0 bridgehead atoms. The van der Waals surface area contributed by atoms with E-state index in [1.165, 1.54) is 39.8 Å². The van der Waals surface area contributed by atoms with Crippen molar-refractivity contribution in [2.24, 2.45) is 0 Å². The molecule has 144 valence electrons. The van der Waals surface area contributed by atoms with Crippen molar-refractivity contribution in [2.75, 3.05) is 0 Å². The second-order valence-corrected chi connectivity index (χ2v) is 6.98. The topological polar surface area (TPSA) is 68.0 Å². The van der Waals surface area contributed by atoms with Gasteiger partial charge < -0.3 is 0 Å². The van der Waals surface area contributed by atoms with E-state index in [0.29, 0.717) is 12.1 Å². The highest BCUT2D eigenvalue weighted by Gasteiger charge is 2.28. The number of aromatic nitrogens is 5. The lowest BCUT2D eigenvalue weighted by molar-refractivity contribution is 0.0187. The van der Waals surface area contributed by atoms with E-state index >= 15 is 0 Å². The number of pyridine rings is 1. The van der Waals surface area contributed by atoms with Crippen LogP contribution in [0.1, 0.15) is 36.7 Å². The van der Waals surface area contributed by atoms with Gasteiger partial charge in [0.25, 0.3) is 5.92 Å². The molecule has 0 aliphatic heterocycles. The third-order valence-corrected chi connectivity index (χ3v) is 4.85. The van der Waals surface area contributed by atoms with Crippen molar-refractivity contribution in [3.63, 3.8) is 0 Å². The Morgan fingerprint density at radius 3 is 2.79 bits per heavy atom. The number of aromatic amines is 1. The molecule has 0 spiro atoms. The Morgan fingerprint density at radius 1 is 1.25 bits per heavy atom. The van der Waals surface area contributed by atoms with Gasteiger partial charge in [-0.15, -0.1) is 0 Å².